The summed E-state index contributed by atoms with van der Waals surface area (Å²) in [4.78, 5) is 3.89. The topological polar surface area (TPSA) is 12.9 Å². The van der Waals surface area contributed by atoms with E-state index in [2.05, 4.69) is 4.98 Å². The standard InChI is InChI=1S/C10H10F3N/c1-6-4-8(10(11,12)13)9(14-5-6)7-2-3-7/h4-5,7H,2-3H2,1H3. The van der Waals surface area contributed by atoms with Crippen LogP contribution in [0.5, 0.6) is 0 Å². The quantitative estimate of drug-likeness (QED) is 0.679. The van der Waals surface area contributed by atoms with Gasteiger partial charge in [0.05, 0.1) is 11.3 Å². The third-order valence-corrected chi connectivity index (χ3v) is 2.32. The van der Waals surface area contributed by atoms with Gasteiger partial charge in [-0.1, -0.05) is 0 Å². The van der Waals surface area contributed by atoms with Crippen molar-refractivity contribution in [2.24, 2.45) is 0 Å². The Bertz CT molecular complexity index is 353. The fraction of sp³-hybridized carbons (Fsp3) is 0.500. The lowest BCUT2D eigenvalue weighted by Crippen LogP contribution is -2.10. The highest BCUT2D eigenvalue weighted by Gasteiger charge is 2.39. The molecule has 4 heteroatoms. The van der Waals surface area contributed by atoms with Crippen molar-refractivity contribution in [3.8, 4) is 0 Å². The van der Waals surface area contributed by atoms with E-state index in [9.17, 15) is 13.2 Å². The van der Waals surface area contributed by atoms with Crippen LogP contribution in [0.25, 0.3) is 0 Å². The Morgan fingerprint density at radius 1 is 1.36 bits per heavy atom. The van der Waals surface area contributed by atoms with E-state index in [1.54, 1.807) is 6.92 Å². The smallest absolute Gasteiger partial charge is 0.260 e. The first kappa shape index (κ1) is 9.49. The summed E-state index contributed by atoms with van der Waals surface area (Å²) in [6.45, 7) is 1.62. The minimum Gasteiger partial charge on any atom is -0.260 e. The normalized spacial score (nSPS) is 17.1. The third kappa shape index (κ3) is 1.74. The van der Waals surface area contributed by atoms with Crippen molar-refractivity contribution >= 4 is 0 Å². The number of pyridine rings is 1. The first-order chi connectivity index (χ1) is 6.48. The van der Waals surface area contributed by atoms with Crippen molar-refractivity contribution < 1.29 is 13.2 Å². The number of hydrogen-bond acceptors (Lipinski definition) is 1. The van der Waals surface area contributed by atoms with Crippen molar-refractivity contribution in [2.75, 3.05) is 0 Å². The molecule has 1 aromatic rings. The molecule has 0 aromatic carbocycles. The van der Waals surface area contributed by atoms with E-state index < -0.39 is 11.7 Å². The van der Waals surface area contributed by atoms with Crippen LogP contribution in [0.3, 0.4) is 0 Å². The van der Waals surface area contributed by atoms with Gasteiger partial charge in [0.1, 0.15) is 0 Å². The summed E-state index contributed by atoms with van der Waals surface area (Å²) in [5, 5.41) is 0. The Hall–Kier alpha value is -1.06. The van der Waals surface area contributed by atoms with Crippen molar-refractivity contribution in [2.45, 2.75) is 31.9 Å². The highest BCUT2D eigenvalue weighted by Crippen LogP contribution is 2.44. The molecular formula is C10H10F3N. The minimum atomic E-state index is -4.27. The molecule has 1 aromatic heterocycles. The number of hydrogen-bond donors (Lipinski definition) is 0. The number of aromatic nitrogens is 1. The van der Waals surface area contributed by atoms with Gasteiger partial charge < -0.3 is 0 Å². The summed E-state index contributed by atoms with van der Waals surface area (Å²) in [5.41, 5.74) is 0.227. The first-order valence-corrected chi connectivity index (χ1v) is 4.52. The number of rotatable bonds is 1. The molecule has 0 N–H and O–H groups in total. The lowest BCUT2D eigenvalue weighted by molar-refractivity contribution is -0.138. The summed E-state index contributed by atoms with van der Waals surface area (Å²) in [6.07, 6.45) is -1.10. The van der Waals surface area contributed by atoms with Crippen molar-refractivity contribution in [1.82, 2.24) is 4.98 Å². The molecule has 0 unspecified atom stereocenters. The van der Waals surface area contributed by atoms with E-state index in [4.69, 9.17) is 0 Å². The molecule has 1 fully saturated rings. The average molecular weight is 201 g/mol. The summed E-state index contributed by atoms with van der Waals surface area (Å²) >= 11 is 0. The predicted molar refractivity (Wildman–Crippen MR) is 46.0 cm³/mol. The van der Waals surface area contributed by atoms with Crippen LogP contribution in [-0.4, -0.2) is 4.98 Å². The van der Waals surface area contributed by atoms with Gasteiger partial charge in [-0.15, -0.1) is 0 Å². The highest BCUT2D eigenvalue weighted by molar-refractivity contribution is 5.32. The van der Waals surface area contributed by atoms with Gasteiger partial charge in [0.15, 0.2) is 0 Å². The van der Waals surface area contributed by atoms with Crippen LogP contribution >= 0.6 is 0 Å². The van der Waals surface area contributed by atoms with Crippen molar-refractivity contribution in [3.05, 3.63) is 29.1 Å². The van der Waals surface area contributed by atoms with E-state index >= 15 is 0 Å². The maximum absolute atomic E-state index is 12.6. The largest absolute Gasteiger partial charge is 0.418 e. The van der Waals surface area contributed by atoms with E-state index in [0.717, 1.165) is 12.8 Å². The SMILES string of the molecule is Cc1cnc(C2CC2)c(C(F)(F)F)c1. The molecule has 76 valence electrons. The Kier molecular flexibility index (Phi) is 2.01. The van der Waals surface area contributed by atoms with Gasteiger partial charge in [-0.2, -0.15) is 13.2 Å². The van der Waals surface area contributed by atoms with Gasteiger partial charge >= 0.3 is 6.18 Å². The van der Waals surface area contributed by atoms with E-state index in [1.807, 2.05) is 0 Å². The van der Waals surface area contributed by atoms with Crippen LogP contribution in [0.2, 0.25) is 0 Å². The summed E-state index contributed by atoms with van der Waals surface area (Å²) < 4.78 is 37.7. The maximum atomic E-state index is 12.6. The van der Waals surface area contributed by atoms with Crippen LogP contribution in [0.4, 0.5) is 13.2 Å². The molecule has 0 radical (unpaired) electrons. The zero-order chi connectivity index (χ0) is 10.3. The summed E-state index contributed by atoms with van der Waals surface area (Å²) in [7, 11) is 0. The van der Waals surface area contributed by atoms with E-state index in [1.165, 1.54) is 12.3 Å². The minimum absolute atomic E-state index is 0.0345. The molecule has 0 aliphatic heterocycles. The lowest BCUT2D eigenvalue weighted by atomic mass is 10.1. The fourth-order valence-corrected chi connectivity index (χ4v) is 1.49. The van der Waals surface area contributed by atoms with Gasteiger partial charge in [-0.05, 0) is 31.4 Å². The highest BCUT2D eigenvalue weighted by atomic mass is 19.4. The van der Waals surface area contributed by atoms with E-state index in [-0.39, 0.29) is 11.6 Å². The molecule has 0 saturated heterocycles. The monoisotopic (exact) mass is 201 g/mol. The third-order valence-electron chi connectivity index (χ3n) is 2.32. The second-order valence-electron chi connectivity index (χ2n) is 3.72. The molecule has 1 saturated carbocycles. The van der Waals surface area contributed by atoms with Gasteiger partial charge in [0.25, 0.3) is 0 Å². The molecule has 1 aliphatic carbocycles. The maximum Gasteiger partial charge on any atom is 0.418 e. The van der Waals surface area contributed by atoms with Gasteiger partial charge in [-0.25, -0.2) is 0 Å². The van der Waals surface area contributed by atoms with Crippen molar-refractivity contribution in [1.29, 1.82) is 0 Å². The van der Waals surface area contributed by atoms with Crippen molar-refractivity contribution in [3.63, 3.8) is 0 Å². The Labute approximate surface area is 80.0 Å². The molecule has 2 rings (SSSR count). The molecular weight excluding hydrogens is 191 g/mol. The number of halogens is 3. The number of aryl methyl sites for hydroxylation is 1. The Morgan fingerprint density at radius 3 is 2.50 bits per heavy atom. The lowest BCUT2D eigenvalue weighted by Gasteiger charge is -2.11. The van der Waals surface area contributed by atoms with Gasteiger partial charge in [-0.3, -0.25) is 4.98 Å². The fourth-order valence-electron chi connectivity index (χ4n) is 1.49. The molecule has 1 nitrogen and oxygen atoms in total. The molecule has 1 heterocycles. The Morgan fingerprint density at radius 2 is 2.00 bits per heavy atom. The van der Waals surface area contributed by atoms with Crippen LogP contribution in [0.15, 0.2) is 12.3 Å². The molecule has 0 amide bonds. The number of alkyl halides is 3. The first-order valence-electron chi connectivity index (χ1n) is 4.52. The van der Waals surface area contributed by atoms with Crippen LogP contribution in [0.1, 0.15) is 35.6 Å². The molecule has 0 bridgehead atoms. The molecule has 1 aliphatic rings. The Balaban J connectivity index is 2.48. The average Bonchev–Trinajstić information content (AvgIpc) is 2.85. The zero-order valence-corrected chi connectivity index (χ0v) is 7.73. The number of nitrogens with zero attached hydrogens (tertiary/aromatic N) is 1. The van der Waals surface area contributed by atoms with Crippen LogP contribution in [-0.2, 0) is 6.18 Å². The molecule has 0 atom stereocenters. The van der Waals surface area contributed by atoms with Gasteiger partial charge in [0.2, 0.25) is 0 Å². The van der Waals surface area contributed by atoms with Crippen LogP contribution in [0, 0.1) is 6.92 Å². The van der Waals surface area contributed by atoms with Crippen LogP contribution < -0.4 is 0 Å². The predicted octanol–water partition coefficient (Wildman–Crippen LogP) is 3.29. The zero-order valence-electron chi connectivity index (χ0n) is 7.73. The second-order valence-corrected chi connectivity index (χ2v) is 3.72. The molecule has 14 heavy (non-hydrogen) atoms. The van der Waals surface area contributed by atoms with E-state index in [0.29, 0.717) is 5.56 Å². The molecule has 0 spiro atoms. The van der Waals surface area contributed by atoms with Gasteiger partial charge in [0, 0.05) is 12.1 Å². The summed E-state index contributed by atoms with van der Waals surface area (Å²) in [6, 6.07) is 1.18. The summed E-state index contributed by atoms with van der Waals surface area (Å²) in [5.74, 6) is 0.0345. The second kappa shape index (κ2) is 2.97.